The van der Waals surface area contributed by atoms with Gasteiger partial charge in [0.25, 0.3) is 0 Å². The van der Waals surface area contributed by atoms with Crippen molar-refractivity contribution < 1.29 is 0 Å². The lowest BCUT2D eigenvalue weighted by Gasteiger charge is -2.01. The standard InChI is InChI=1S/C11H9IN2S/c1-8-4-5-10(14-7-8)15-11-9(12)3-2-6-13-11/h2-7H,1H3. The zero-order chi connectivity index (χ0) is 10.7. The molecule has 0 amide bonds. The number of halogens is 1. The van der Waals surface area contributed by atoms with Crippen LogP contribution < -0.4 is 0 Å². The number of rotatable bonds is 2. The highest BCUT2D eigenvalue weighted by Crippen LogP contribution is 2.27. The van der Waals surface area contributed by atoms with Gasteiger partial charge in [0.15, 0.2) is 0 Å². The second kappa shape index (κ2) is 4.94. The van der Waals surface area contributed by atoms with Gasteiger partial charge < -0.3 is 0 Å². The van der Waals surface area contributed by atoms with E-state index in [0.717, 1.165) is 13.6 Å². The Labute approximate surface area is 107 Å². The third-order valence-electron chi connectivity index (χ3n) is 1.81. The van der Waals surface area contributed by atoms with Gasteiger partial charge in [-0.3, -0.25) is 0 Å². The van der Waals surface area contributed by atoms with Gasteiger partial charge in [0.1, 0.15) is 10.1 Å². The lowest BCUT2D eigenvalue weighted by Crippen LogP contribution is -1.86. The van der Waals surface area contributed by atoms with Crippen LogP contribution in [-0.4, -0.2) is 9.97 Å². The van der Waals surface area contributed by atoms with E-state index < -0.39 is 0 Å². The molecule has 15 heavy (non-hydrogen) atoms. The summed E-state index contributed by atoms with van der Waals surface area (Å²) in [5.41, 5.74) is 1.18. The molecule has 0 saturated heterocycles. The zero-order valence-corrected chi connectivity index (χ0v) is 11.1. The van der Waals surface area contributed by atoms with E-state index in [1.807, 2.05) is 31.3 Å². The molecule has 2 heterocycles. The average molecular weight is 328 g/mol. The Bertz CT molecular complexity index is 456. The molecule has 0 aromatic carbocycles. The molecular formula is C11H9IN2S. The second-order valence-electron chi connectivity index (χ2n) is 3.07. The summed E-state index contributed by atoms with van der Waals surface area (Å²) in [4.78, 5) is 8.65. The molecule has 2 aromatic heterocycles. The van der Waals surface area contributed by atoms with Gasteiger partial charge in [-0.2, -0.15) is 0 Å². The maximum Gasteiger partial charge on any atom is 0.116 e. The van der Waals surface area contributed by atoms with Crippen molar-refractivity contribution in [1.82, 2.24) is 9.97 Å². The first kappa shape index (κ1) is 10.9. The van der Waals surface area contributed by atoms with Gasteiger partial charge in [-0.25, -0.2) is 9.97 Å². The highest BCUT2D eigenvalue weighted by molar-refractivity contribution is 14.1. The largest absolute Gasteiger partial charge is 0.249 e. The summed E-state index contributed by atoms with van der Waals surface area (Å²) in [6, 6.07) is 8.06. The molecule has 0 N–H and O–H groups in total. The smallest absolute Gasteiger partial charge is 0.116 e. The molecule has 0 spiro atoms. The first-order chi connectivity index (χ1) is 7.25. The van der Waals surface area contributed by atoms with Crippen LogP contribution in [0.25, 0.3) is 0 Å². The fourth-order valence-electron chi connectivity index (χ4n) is 1.06. The Morgan fingerprint density at radius 1 is 1.20 bits per heavy atom. The SMILES string of the molecule is Cc1ccc(Sc2ncccc2I)nc1. The zero-order valence-electron chi connectivity index (χ0n) is 8.14. The summed E-state index contributed by atoms with van der Waals surface area (Å²) in [6.45, 7) is 2.03. The van der Waals surface area contributed by atoms with Gasteiger partial charge in [0.05, 0.1) is 0 Å². The van der Waals surface area contributed by atoms with Crippen molar-refractivity contribution in [3.8, 4) is 0 Å². The minimum absolute atomic E-state index is 0.984. The van der Waals surface area contributed by atoms with E-state index in [4.69, 9.17) is 0 Å². The van der Waals surface area contributed by atoms with Crippen LogP contribution in [0.15, 0.2) is 46.7 Å². The van der Waals surface area contributed by atoms with E-state index in [2.05, 4.69) is 38.6 Å². The molecule has 0 bridgehead atoms. The van der Waals surface area contributed by atoms with Crippen molar-refractivity contribution in [3.05, 3.63) is 45.8 Å². The van der Waals surface area contributed by atoms with E-state index in [1.165, 1.54) is 5.56 Å². The van der Waals surface area contributed by atoms with Crippen LogP contribution in [0.2, 0.25) is 0 Å². The number of aryl methyl sites for hydroxylation is 1. The van der Waals surface area contributed by atoms with Crippen LogP contribution in [-0.2, 0) is 0 Å². The van der Waals surface area contributed by atoms with E-state index in [-0.39, 0.29) is 0 Å². The Hall–Kier alpha value is -0.620. The molecule has 2 aromatic rings. The summed E-state index contributed by atoms with van der Waals surface area (Å²) >= 11 is 3.88. The lowest BCUT2D eigenvalue weighted by molar-refractivity contribution is 1.07. The lowest BCUT2D eigenvalue weighted by atomic mass is 10.3. The summed E-state index contributed by atoms with van der Waals surface area (Å²) in [7, 11) is 0. The van der Waals surface area contributed by atoms with Crippen LogP contribution in [0.5, 0.6) is 0 Å². The molecule has 76 valence electrons. The van der Waals surface area contributed by atoms with Crippen molar-refractivity contribution in [2.24, 2.45) is 0 Å². The molecule has 0 unspecified atom stereocenters. The van der Waals surface area contributed by atoms with Crippen LogP contribution in [0, 0.1) is 10.5 Å². The third kappa shape index (κ3) is 2.92. The fourth-order valence-corrected chi connectivity index (χ4v) is 2.46. The highest BCUT2D eigenvalue weighted by Gasteiger charge is 2.03. The molecule has 0 aliphatic rings. The number of nitrogens with zero attached hydrogens (tertiary/aromatic N) is 2. The van der Waals surface area contributed by atoms with E-state index in [0.29, 0.717) is 0 Å². The normalized spacial score (nSPS) is 10.3. The number of hydrogen-bond acceptors (Lipinski definition) is 3. The quantitative estimate of drug-likeness (QED) is 0.789. The Kier molecular flexibility index (Phi) is 3.58. The number of pyridine rings is 2. The maximum absolute atomic E-state index is 4.33. The van der Waals surface area contributed by atoms with Gasteiger partial charge in [0, 0.05) is 16.0 Å². The Morgan fingerprint density at radius 3 is 2.73 bits per heavy atom. The van der Waals surface area contributed by atoms with Crippen molar-refractivity contribution >= 4 is 34.4 Å². The van der Waals surface area contributed by atoms with Crippen molar-refractivity contribution in [1.29, 1.82) is 0 Å². The van der Waals surface area contributed by atoms with E-state index in [9.17, 15) is 0 Å². The fraction of sp³-hybridized carbons (Fsp3) is 0.0909. The first-order valence-electron chi connectivity index (χ1n) is 4.47. The van der Waals surface area contributed by atoms with Crippen LogP contribution in [0.4, 0.5) is 0 Å². The third-order valence-corrected chi connectivity index (χ3v) is 4.02. The second-order valence-corrected chi connectivity index (χ2v) is 5.24. The Morgan fingerprint density at radius 2 is 2.07 bits per heavy atom. The summed E-state index contributed by atoms with van der Waals surface area (Å²) in [6.07, 6.45) is 3.68. The molecule has 0 saturated carbocycles. The molecule has 2 nitrogen and oxygen atoms in total. The van der Waals surface area contributed by atoms with Crippen LogP contribution >= 0.6 is 34.4 Å². The number of aromatic nitrogens is 2. The Balaban J connectivity index is 2.22. The molecule has 2 rings (SSSR count). The van der Waals surface area contributed by atoms with E-state index in [1.54, 1.807) is 18.0 Å². The van der Waals surface area contributed by atoms with Crippen LogP contribution in [0.1, 0.15) is 5.56 Å². The molecule has 0 atom stereocenters. The van der Waals surface area contributed by atoms with Gasteiger partial charge >= 0.3 is 0 Å². The maximum atomic E-state index is 4.33. The van der Waals surface area contributed by atoms with Gasteiger partial charge in [-0.15, -0.1) is 0 Å². The average Bonchev–Trinajstić information content (AvgIpc) is 2.25. The monoisotopic (exact) mass is 328 g/mol. The summed E-state index contributed by atoms with van der Waals surface area (Å²) < 4.78 is 1.16. The van der Waals surface area contributed by atoms with Crippen molar-refractivity contribution in [2.45, 2.75) is 17.0 Å². The topological polar surface area (TPSA) is 25.8 Å². The van der Waals surface area contributed by atoms with Gasteiger partial charge in [-0.05, 0) is 65.0 Å². The predicted octanol–water partition coefficient (Wildman–Crippen LogP) is 3.54. The molecular weight excluding hydrogens is 319 g/mol. The van der Waals surface area contributed by atoms with Gasteiger partial charge in [0.2, 0.25) is 0 Å². The van der Waals surface area contributed by atoms with E-state index >= 15 is 0 Å². The van der Waals surface area contributed by atoms with Crippen LogP contribution in [0.3, 0.4) is 0 Å². The summed E-state index contributed by atoms with van der Waals surface area (Å²) in [5, 5.41) is 1.99. The number of hydrogen-bond donors (Lipinski definition) is 0. The summed E-state index contributed by atoms with van der Waals surface area (Å²) in [5.74, 6) is 0. The van der Waals surface area contributed by atoms with Crippen molar-refractivity contribution in [2.75, 3.05) is 0 Å². The van der Waals surface area contributed by atoms with Crippen molar-refractivity contribution in [3.63, 3.8) is 0 Å². The molecule has 0 fully saturated rings. The molecule has 0 aliphatic heterocycles. The molecule has 0 radical (unpaired) electrons. The minimum atomic E-state index is 0.984. The van der Waals surface area contributed by atoms with Gasteiger partial charge in [-0.1, -0.05) is 6.07 Å². The molecule has 0 aliphatic carbocycles. The highest BCUT2D eigenvalue weighted by atomic mass is 127. The molecule has 4 heteroatoms. The predicted molar refractivity (Wildman–Crippen MR) is 70.1 cm³/mol. The first-order valence-corrected chi connectivity index (χ1v) is 6.36. The minimum Gasteiger partial charge on any atom is -0.249 e.